The molecule has 3 aliphatic heterocycles. The standard InChI is InChI=1S/C43H68ClNO11/c1-10-30-18-24(2)17-25(3)19-36(53-8)39-37(54-9)21-27(5)43(51,56-39)40(48)41(49)45-16-12-11-13-32(45)42(50)55-38(28(6)33(46)23-34(30)47)26(4)20-29-14-15-31(44)35(22-29)52-7/h18,20,25,27-33,35-39,46,51H,10-17,19,21-23H2,1-9H3/b24-18+,26-20+/t25-,27?,28+,29-,30+,31?,32-,33-,35?,36-,37?,38+,39+,43?/m0/s1. The van der Waals surface area contributed by atoms with E-state index in [1.165, 1.54) is 19.1 Å². The molecule has 2 bridgehead atoms. The van der Waals surface area contributed by atoms with E-state index < -0.39 is 77.8 Å². The molecule has 0 aromatic carbocycles. The highest BCUT2D eigenvalue weighted by Gasteiger charge is 2.56. The fourth-order valence-electron chi connectivity index (χ4n) is 9.36. The number of esters is 1. The Morgan fingerprint density at radius 1 is 0.964 bits per heavy atom. The van der Waals surface area contributed by atoms with Gasteiger partial charge < -0.3 is 38.8 Å². The molecule has 0 aromatic rings. The maximum atomic E-state index is 14.3. The van der Waals surface area contributed by atoms with Crippen LogP contribution in [-0.4, -0.2) is 120 Å². The van der Waals surface area contributed by atoms with Crippen LogP contribution < -0.4 is 0 Å². The molecule has 56 heavy (non-hydrogen) atoms. The molecule has 5 unspecified atom stereocenters. The number of aliphatic hydroxyl groups is 2. The van der Waals surface area contributed by atoms with Gasteiger partial charge in [-0.1, -0.05) is 45.4 Å². The second-order valence-electron chi connectivity index (χ2n) is 17.1. The molecule has 12 nitrogen and oxygen atoms in total. The van der Waals surface area contributed by atoms with Gasteiger partial charge in [0.25, 0.3) is 11.7 Å². The monoisotopic (exact) mass is 809 g/mol. The molecule has 2 saturated heterocycles. The second-order valence-corrected chi connectivity index (χ2v) is 17.7. The number of alkyl halides is 1. The highest BCUT2D eigenvalue weighted by atomic mass is 35.5. The topological polar surface area (TPSA) is 158 Å². The van der Waals surface area contributed by atoms with Gasteiger partial charge in [0.05, 0.1) is 29.8 Å². The number of hydrogen-bond donors (Lipinski definition) is 2. The average Bonchev–Trinajstić information content (AvgIpc) is 3.18. The fraction of sp³-hybridized carbons (Fsp3) is 0.814. The zero-order valence-electron chi connectivity index (χ0n) is 35.0. The van der Waals surface area contributed by atoms with Gasteiger partial charge in [0.2, 0.25) is 5.79 Å². The van der Waals surface area contributed by atoms with E-state index in [-0.39, 0.29) is 54.9 Å². The minimum absolute atomic E-state index is 0.0425. The van der Waals surface area contributed by atoms with Crippen molar-refractivity contribution < 1.29 is 53.1 Å². The number of Topliss-reactive ketones (excluding diaryl/α,β-unsaturated/α-hetero) is 2. The summed E-state index contributed by atoms with van der Waals surface area (Å²) < 4.78 is 29.9. The summed E-state index contributed by atoms with van der Waals surface area (Å²) in [5.74, 6) is -7.31. The number of methoxy groups -OCH3 is 3. The molecule has 1 amide bonds. The number of hydrogen-bond acceptors (Lipinski definition) is 11. The van der Waals surface area contributed by atoms with Crippen molar-refractivity contribution in [3.63, 3.8) is 0 Å². The number of ketones is 2. The van der Waals surface area contributed by atoms with Gasteiger partial charge in [-0.15, -0.1) is 11.6 Å². The minimum Gasteiger partial charge on any atom is -0.456 e. The third-order valence-electron chi connectivity index (χ3n) is 12.8. The van der Waals surface area contributed by atoms with Crippen LogP contribution in [0.5, 0.6) is 0 Å². The number of nitrogens with zero attached hydrogens (tertiary/aromatic N) is 1. The van der Waals surface area contributed by atoms with Crippen LogP contribution >= 0.6 is 11.6 Å². The molecular weight excluding hydrogens is 742 g/mol. The number of aliphatic hydroxyl groups excluding tert-OH is 1. The van der Waals surface area contributed by atoms with Crippen molar-refractivity contribution >= 4 is 35.0 Å². The van der Waals surface area contributed by atoms with E-state index in [1.807, 2.05) is 32.9 Å². The number of ether oxygens (including phenoxy) is 5. The SMILES string of the molecule is CC[C@@H]1/C=C(\C)C[C@H](C)C[C@H](OC)[C@H]2OC(O)(C(=O)C(=O)N3CCCC[C@H]3C(=O)O[C@H](/C(C)=C/[C@@H]3CCC(Cl)C(OC)C3)[C@H](C)[C@@H](O)CC1=O)C(C)CC2OC. The summed E-state index contributed by atoms with van der Waals surface area (Å²) in [6.45, 7) is 11.3. The van der Waals surface area contributed by atoms with Crippen molar-refractivity contribution in [2.75, 3.05) is 27.9 Å². The lowest BCUT2D eigenvalue weighted by molar-refractivity contribution is -0.302. The molecule has 2 N–H and O–H groups in total. The quantitative estimate of drug-likeness (QED) is 0.146. The van der Waals surface area contributed by atoms with Crippen LogP contribution in [-0.2, 0) is 42.9 Å². The van der Waals surface area contributed by atoms with E-state index in [9.17, 15) is 29.4 Å². The average molecular weight is 810 g/mol. The number of cyclic esters (lactones) is 1. The number of allylic oxidation sites excluding steroid dienone is 3. The Morgan fingerprint density at radius 2 is 1.62 bits per heavy atom. The highest BCUT2D eigenvalue weighted by Crippen LogP contribution is 2.39. The minimum atomic E-state index is -2.49. The smallest absolute Gasteiger partial charge is 0.329 e. The number of piperidine rings is 1. The van der Waals surface area contributed by atoms with E-state index >= 15 is 0 Å². The normalized spacial score (nSPS) is 41.6. The molecule has 4 aliphatic rings. The first-order chi connectivity index (χ1) is 26.5. The Labute approximate surface area is 339 Å². The van der Waals surface area contributed by atoms with E-state index in [0.29, 0.717) is 44.1 Å². The Morgan fingerprint density at radius 3 is 2.27 bits per heavy atom. The van der Waals surface area contributed by atoms with Crippen LogP contribution in [0.15, 0.2) is 23.3 Å². The Hall–Kier alpha value is -2.19. The number of rotatable bonds is 6. The molecule has 318 valence electrons. The summed E-state index contributed by atoms with van der Waals surface area (Å²) in [6, 6.07) is -1.12. The Balaban J connectivity index is 1.76. The molecule has 0 aromatic heterocycles. The van der Waals surface area contributed by atoms with Gasteiger partial charge >= 0.3 is 5.97 Å². The summed E-state index contributed by atoms with van der Waals surface area (Å²) in [5.41, 5.74) is 1.71. The number of carbonyl (C=O) groups excluding carboxylic acids is 4. The fourth-order valence-corrected chi connectivity index (χ4v) is 9.69. The molecular formula is C43H68ClNO11. The molecule has 4 rings (SSSR count). The third-order valence-corrected chi connectivity index (χ3v) is 13.3. The van der Waals surface area contributed by atoms with Gasteiger partial charge in [0.15, 0.2) is 0 Å². The zero-order valence-corrected chi connectivity index (χ0v) is 35.8. The molecule has 3 fully saturated rings. The second kappa shape index (κ2) is 20.7. The molecule has 1 aliphatic carbocycles. The summed E-state index contributed by atoms with van der Waals surface area (Å²) in [5, 5.41) is 23.6. The van der Waals surface area contributed by atoms with E-state index in [0.717, 1.165) is 18.4 Å². The molecule has 14 atom stereocenters. The van der Waals surface area contributed by atoms with Crippen molar-refractivity contribution in [1.29, 1.82) is 0 Å². The first-order valence-corrected chi connectivity index (χ1v) is 21.2. The molecule has 13 heteroatoms. The summed E-state index contributed by atoms with van der Waals surface area (Å²) in [4.78, 5) is 57.7. The number of carbonyl (C=O) groups is 4. The molecule has 1 saturated carbocycles. The van der Waals surface area contributed by atoms with E-state index in [4.69, 9.17) is 35.3 Å². The molecule has 3 heterocycles. The molecule has 0 spiro atoms. The Kier molecular flexibility index (Phi) is 17.2. The van der Waals surface area contributed by atoms with Crippen LogP contribution in [0.25, 0.3) is 0 Å². The lowest BCUT2D eigenvalue weighted by Crippen LogP contribution is -2.64. The van der Waals surface area contributed by atoms with Crippen LogP contribution in [0.4, 0.5) is 0 Å². The van der Waals surface area contributed by atoms with Crippen LogP contribution in [0.1, 0.15) is 112 Å². The zero-order chi connectivity index (χ0) is 41.5. The largest absolute Gasteiger partial charge is 0.456 e. The van der Waals surface area contributed by atoms with Gasteiger partial charge in [0, 0.05) is 52.0 Å². The van der Waals surface area contributed by atoms with E-state index in [1.54, 1.807) is 21.0 Å². The van der Waals surface area contributed by atoms with E-state index in [2.05, 4.69) is 6.92 Å². The van der Waals surface area contributed by atoms with Crippen LogP contribution in [0.3, 0.4) is 0 Å². The number of halogens is 1. The maximum absolute atomic E-state index is 14.3. The van der Waals surface area contributed by atoms with Crippen molar-refractivity contribution in [3.05, 3.63) is 23.3 Å². The lowest BCUT2D eigenvalue weighted by atomic mass is 9.82. The predicted octanol–water partition coefficient (Wildman–Crippen LogP) is 5.72. The number of amides is 1. The van der Waals surface area contributed by atoms with Crippen molar-refractivity contribution in [3.8, 4) is 0 Å². The third kappa shape index (κ3) is 10.9. The van der Waals surface area contributed by atoms with Crippen molar-refractivity contribution in [1.82, 2.24) is 4.90 Å². The van der Waals surface area contributed by atoms with Crippen LogP contribution in [0, 0.1) is 29.6 Å². The van der Waals surface area contributed by atoms with Gasteiger partial charge in [0.1, 0.15) is 24.0 Å². The first-order valence-electron chi connectivity index (χ1n) is 20.7. The molecule has 0 radical (unpaired) electrons. The first kappa shape index (κ1) is 46.5. The van der Waals surface area contributed by atoms with Crippen molar-refractivity contribution in [2.45, 2.75) is 166 Å². The van der Waals surface area contributed by atoms with Crippen LogP contribution in [0.2, 0.25) is 0 Å². The predicted molar refractivity (Wildman–Crippen MR) is 212 cm³/mol. The van der Waals surface area contributed by atoms with Gasteiger partial charge in [-0.2, -0.15) is 0 Å². The van der Waals surface area contributed by atoms with Gasteiger partial charge in [-0.3, -0.25) is 14.4 Å². The van der Waals surface area contributed by atoms with Gasteiger partial charge in [-0.25, -0.2) is 4.79 Å². The van der Waals surface area contributed by atoms with Crippen molar-refractivity contribution in [2.24, 2.45) is 29.6 Å². The summed E-state index contributed by atoms with van der Waals surface area (Å²) in [6.07, 6.45) is 5.16. The number of fused-ring (bicyclic) bond motifs is 3. The van der Waals surface area contributed by atoms with Gasteiger partial charge in [-0.05, 0) is 95.5 Å². The summed E-state index contributed by atoms with van der Waals surface area (Å²) in [7, 11) is 4.71. The lowest BCUT2D eigenvalue weighted by Gasteiger charge is -2.47. The highest BCUT2D eigenvalue weighted by molar-refractivity contribution is 6.39. The maximum Gasteiger partial charge on any atom is 0.329 e. The Bertz CT molecular complexity index is 1440. The summed E-state index contributed by atoms with van der Waals surface area (Å²) >= 11 is 6.52.